The van der Waals surface area contributed by atoms with Crippen LogP contribution in [0.2, 0.25) is 0 Å². The van der Waals surface area contributed by atoms with Crippen LogP contribution in [0.3, 0.4) is 0 Å². The third kappa shape index (κ3) is 5.40. The Hall–Kier alpha value is -1.06. The Morgan fingerprint density at radius 1 is 1.20 bits per heavy atom. The molecule has 0 saturated heterocycles. The number of carboxylic acid groups (broad SMARTS) is 1. The van der Waals surface area contributed by atoms with Crippen molar-refractivity contribution in [3.8, 4) is 0 Å². The van der Waals surface area contributed by atoms with Crippen molar-refractivity contribution in [2.24, 2.45) is 5.92 Å². The Labute approximate surface area is 90.0 Å². The average molecular weight is 213 g/mol. The summed E-state index contributed by atoms with van der Waals surface area (Å²) in [5.41, 5.74) is 0. The van der Waals surface area contributed by atoms with Gasteiger partial charge in [0.05, 0.1) is 0 Å². The summed E-state index contributed by atoms with van der Waals surface area (Å²) in [6.07, 6.45) is 7.03. The molecule has 0 spiro atoms. The minimum Gasteiger partial charge on any atom is -0.481 e. The molecule has 1 amide bonds. The van der Waals surface area contributed by atoms with Crippen molar-refractivity contribution in [1.82, 2.24) is 5.32 Å². The fourth-order valence-corrected chi connectivity index (χ4v) is 2.09. The predicted molar refractivity (Wildman–Crippen MR) is 56.5 cm³/mol. The quantitative estimate of drug-likeness (QED) is 0.681. The predicted octanol–water partition coefficient (Wildman–Crippen LogP) is 1.55. The van der Waals surface area contributed by atoms with E-state index in [9.17, 15) is 9.59 Å². The van der Waals surface area contributed by atoms with Crippen LogP contribution in [0.1, 0.15) is 44.9 Å². The van der Waals surface area contributed by atoms with Crippen LogP contribution < -0.4 is 5.32 Å². The maximum absolute atomic E-state index is 11.0. The van der Waals surface area contributed by atoms with Crippen LogP contribution in [0.5, 0.6) is 0 Å². The fourth-order valence-electron chi connectivity index (χ4n) is 2.09. The van der Waals surface area contributed by atoms with Crippen molar-refractivity contribution >= 4 is 11.9 Å². The van der Waals surface area contributed by atoms with Crippen LogP contribution in [-0.2, 0) is 9.59 Å². The zero-order valence-corrected chi connectivity index (χ0v) is 9.00. The molecule has 4 heteroatoms. The van der Waals surface area contributed by atoms with Gasteiger partial charge in [0.1, 0.15) is 6.42 Å². The third-order valence-corrected chi connectivity index (χ3v) is 2.91. The molecule has 2 N–H and O–H groups in total. The molecule has 0 heterocycles. The SMILES string of the molecule is O=C(O)CC(=O)NCCC1CCCCC1. The molecule has 0 radical (unpaired) electrons. The number of carbonyl (C=O) groups is 2. The van der Waals surface area contributed by atoms with E-state index in [0.29, 0.717) is 6.54 Å². The van der Waals surface area contributed by atoms with Crippen LogP contribution in [0.15, 0.2) is 0 Å². The van der Waals surface area contributed by atoms with Crippen molar-refractivity contribution in [2.75, 3.05) is 6.54 Å². The van der Waals surface area contributed by atoms with E-state index < -0.39 is 12.4 Å². The molecule has 0 aliphatic heterocycles. The Bertz CT molecular complexity index is 222. The summed E-state index contributed by atoms with van der Waals surface area (Å²) in [4.78, 5) is 21.2. The smallest absolute Gasteiger partial charge is 0.312 e. The van der Waals surface area contributed by atoms with E-state index in [4.69, 9.17) is 5.11 Å². The molecule has 0 atom stereocenters. The molecule has 4 nitrogen and oxygen atoms in total. The Morgan fingerprint density at radius 3 is 2.47 bits per heavy atom. The Kier molecular flexibility index (Phi) is 5.15. The standard InChI is InChI=1S/C11H19NO3/c13-10(8-11(14)15)12-7-6-9-4-2-1-3-5-9/h9H,1-8H2,(H,12,13)(H,14,15). The lowest BCUT2D eigenvalue weighted by atomic mass is 9.87. The third-order valence-electron chi connectivity index (χ3n) is 2.91. The average Bonchev–Trinajstić information content (AvgIpc) is 2.18. The lowest BCUT2D eigenvalue weighted by molar-refractivity contribution is -0.140. The Balaban J connectivity index is 2.04. The molecule has 15 heavy (non-hydrogen) atoms. The number of carbonyl (C=O) groups excluding carboxylic acids is 1. The van der Waals surface area contributed by atoms with Crippen molar-refractivity contribution in [1.29, 1.82) is 0 Å². The first-order valence-corrected chi connectivity index (χ1v) is 5.67. The second-order valence-electron chi connectivity index (χ2n) is 4.21. The van der Waals surface area contributed by atoms with E-state index in [1.165, 1.54) is 32.1 Å². The van der Waals surface area contributed by atoms with Crippen LogP contribution >= 0.6 is 0 Å². The highest BCUT2D eigenvalue weighted by atomic mass is 16.4. The van der Waals surface area contributed by atoms with Crippen molar-refractivity contribution in [2.45, 2.75) is 44.9 Å². The molecule has 1 aliphatic rings. The monoisotopic (exact) mass is 213 g/mol. The number of rotatable bonds is 5. The van der Waals surface area contributed by atoms with Crippen LogP contribution in [0, 0.1) is 5.92 Å². The van der Waals surface area contributed by atoms with Gasteiger partial charge in [-0.05, 0) is 12.3 Å². The molecule has 1 rings (SSSR count). The van der Waals surface area contributed by atoms with Crippen molar-refractivity contribution in [3.05, 3.63) is 0 Å². The minimum atomic E-state index is -1.06. The number of amides is 1. The van der Waals surface area contributed by atoms with E-state index >= 15 is 0 Å². The first-order chi connectivity index (χ1) is 7.18. The number of nitrogens with one attached hydrogen (secondary N) is 1. The van der Waals surface area contributed by atoms with Crippen molar-refractivity contribution in [3.63, 3.8) is 0 Å². The summed E-state index contributed by atoms with van der Waals surface area (Å²) >= 11 is 0. The summed E-state index contributed by atoms with van der Waals surface area (Å²) in [5.74, 6) is -0.715. The maximum atomic E-state index is 11.0. The van der Waals surface area contributed by atoms with Gasteiger partial charge in [-0.15, -0.1) is 0 Å². The second kappa shape index (κ2) is 6.43. The number of hydrogen-bond acceptors (Lipinski definition) is 2. The van der Waals surface area contributed by atoms with Gasteiger partial charge < -0.3 is 10.4 Å². The topological polar surface area (TPSA) is 66.4 Å². The molecular formula is C11H19NO3. The minimum absolute atomic E-state index is 0.377. The first kappa shape index (κ1) is 12.0. The van der Waals surface area contributed by atoms with Crippen LogP contribution in [0.25, 0.3) is 0 Å². The van der Waals surface area contributed by atoms with E-state index in [1.807, 2.05) is 0 Å². The molecular weight excluding hydrogens is 194 g/mol. The van der Waals surface area contributed by atoms with Gasteiger partial charge in [-0.3, -0.25) is 9.59 Å². The lowest BCUT2D eigenvalue weighted by Crippen LogP contribution is -2.28. The van der Waals surface area contributed by atoms with Crippen LogP contribution in [0.4, 0.5) is 0 Å². The molecule has 1 aliphatic carbocycles. The van der Waals surface area contributed by atoms with Gasteiger partial charge in [0.15, 0.2) is 0 Å². The lowest BCUT2D eigenvalue weighted by Gasteiger charge is -2.21. The summed E-state index contributed by atoms with van der Waals surface area (Å²) in [6.45, 7) is 0.622. The molecule has 0 aromatic carbocycles. The molecule has 0 aromatic heterocycles. The molecule has 0 bridgehead atoms. The van der Waals surface area contributed by atoms with Gasteiger partial charge in [-0.1, -0.05) is 32.1 Å². The maximum Gasteiger partial charge on any atom is 0.312 e. The molecule has 0 aromatic rings. The summed E-state index contributed by atoms with van der Waals surface area (Å²) in [6, 6.07) is 0. The highest BCUT2D eigenvalue weighted by molar-refractivity contribution is 5.93. The highest BCUT2D eigenvalue weighted by Crippen LogP contribution is 2.25. The van der Waals surface area contributed by atoms with E-state index in [-0.39, 0.29) is 5.91 Å². The zero-order chi connectivity index (χ0) is 11.1. The second-order valence-corrected chi connectivity index (χ2v) is 4.21. The van der Waals surface area contributed by atoms with Gasteiger partial charge in [0.25, 0.3) is 0 Å². The summed E-state index contributed by atoms with van der Waals surface area (Å²) < 4.78 is 0. The first-order valence-electron chi connectivity index (χ1n) is 5.67. The van der Waals surface area contributed by atoms with E-state index in [0.717, 1.165) is 12.3 Å². The van der Waals surface area contributed by atoms with Gasteiger partial charge in [0, 0.05) is 6.54 Å². The van der Waals surface area contributed by atoms with Gasteiger partial charge in [0.2, 0.25) is 5.91 Å². The number of hydrogen-bond donors (Lipinski definition) is 2. The highest BCUT2D eigenvalue weighted by Gasteiger charge is 2.13. The zero-order valence-electron chi connectivity index (χ0n) is 9.00. The van der Waals surface area contributed by atoms with Gasteiger partial charge >= 0.3 is 5.97 Å². The molecule has 1 fully saturated rings. The normalized spacial score (nSPS) is 17.3. The largest absolute Gasteiger partial charge is 0.481 e. The molecule has 86 valence electrons. The number of carboxylic acids is 1. The van der Waals surface area contributed by atoms with Crippen molar-refractivity contribution < 1.29 is 14.7 Å². The van der Waals surface area contributed by atoms with Gasteiger partial charge in [-0.2, -0.15) is 0 Å². The molecule has 0 unspecified atom stereocenters. The van der Waals surface area contributed by atoms with Gasteiger partial charge in [-0.25, -0.2) is 0 Å². The van der Waals surface area contributed by atoms with E-state index in [2.05, 4.69) is 5.32 Å². The summed E-state index contributed by atoms with van der Waals surface area (Å²) in [5, 5.41) is 11.0. The summed E-state index contributed by atoms with van der Waals surface area (Å²) in [7, 11) is 0. The fraction of sp³-hybridized carbons (Fsp3) is 0.818. The number of aliphatic carboxylic acids is 1. The molecule has 1 saturated carbocycles. The van der Waals surface area contributed by atoms with E-state index in [1.54, 1.807) is 0 Å². The van der Waals surface area contributed by atoms with Crippen LogP contribution in [-0.4, -0.2) is 23.5 Å². The Morgan fingerprint density at radius 2 is 1.87 bits per heavy atom.